The first-order valence-electron chi connectivity index (χ1n) is 11.9. The highest BCUT2D eigenvalue weighted by Crippen LogP contribution is 2.23. The molecule has 0 unspecified atom stereocenters. The lowest BCUT2D eigenvalue weighted by atomic mass is 10.1. The van der Waals surface area contributed by atoms with E-state index in [4.69, 9.17) is 11.6 Å². The molecule has 2 saturated heterocycles. The number of piperidine rings is 1. The molecule has 2 fully saturated rings. The molecule has 2 aliphatic rings. The number of hydrogen-bond donors (Lipinski definition) is 1. The van der Waals surface area contributed by atoms with E-state index in [2.05, 4.69) is 9.71 Å². The summed E-state index contributed by atoms with van der Waals surface area (Å²) in [6, 6.07) is 1.71. The number of nitrogens with zero attached hydrogens (tertiary/aromatic N) is 5. The van der Waals surface area contributed by atoms with Gasteiger partial charge in [0.1, 0.15) is 12.1 Å². The van der Waals surface area contributed by atoms with Crippen LogP contribution in [0.3, 0.4) is 0 Å². The first-order chi connectivity index (χ1) is 17.4. The molecule has 0 spiro atoms. The Labute approximate surface area is 226 Å². The third-order valence-electron chi connectivity index (χ3n) is 6.04. The summed E-state index contributed by atoms with van der Waals surface area (Å²) in [6.45, 7) is 0.518. The highest BCUT2D eigenvalue weighted by Gasteiger charge is 2.37. The van der Waals surface area contributed by atoms with E-state index in [1.165, 1.54) is 27.2 Å². The number of sulfonamides is 1. The standard InChI is InChI=1S/C23H33ClN6O5S2/c1-27(2)23(28(3)4)25-21(32)18-8-6-13-30(18)20(31)15-29-12-5-7-17(22(29)33)26-37(34,35)14-11-16-9-10-19(24)36-16/h9-11,14,17-18,26H,5-8,12-13,15H2,1-4H3/b14-11+/t17-,18-/m0/s1. The number of thiophene rings is 1. The molecule has 14 heteroatoms. The van der Waals surface area contributed by atoms with Gasteiger partial charge < -0.3 is 19.6 Å². The summed E-state index contributed by atoms with van der Waals surface area (Å²) in [6.07, 6.45) is 3.45. The number of guanidine groups is 1. The minimum atomic E-state index is -3.89. The molecule has 2 atom stereocenters. The second-order valence-corrected chi connectivity index (χ2v) is 12.7. The van der Waals surface area contributed by atoms with Gasteiger partial charge in [0.05, 0.1) is 10.9 Å². The molecule has 0 bridgehead atoms. The first kappa shape index (κ1) is 29.1. The van der Waals surface area contributed by atoms with Gasteiger partial charge in [-0.3, -0.25) is 14.4 Å². The molecule has 1 N–H and O–H groups in total. The predicted molar refractivity (Wildman–Crippen MR) is 145 cm³/mol. The van der Waals surface area contributed by atoms with Gasteiger partial charge in [0.15, 0.2) is 0 Å². The molecular formula is C23H33ClN6O5S2. The van der Waals surface area contributed by atoms with Gasteiger partial charge >= 0.3 is 0 Å². The Morgan fingerprint density at radius 1 is 1.16 bits per heavy atom. The number of amides is 3. The van der Waals surface area contributed by atoms with Crippen molar-refractivity contribution in [2.45, 2.75) is 37.8 Å². The normalized spacial score (nSPS) is 20.4. The Balaban J connectivity index is 1.63. The molecule has 0 aromatic carbocycles. The Morgan fingerprint density at radius 2 is 1.84 bits per heavy atom. The number of carbonyl (C=O) groups excluding carboxylic acids is 3. The van der Waals surface area contributed by atoms with Gasteiger partial charge in [-0.2, -0.15) is 9.71 Å². The third-order valence-corrected chi connectivity index (χ3v) is 8.34. The Kier molecular flexibility index (Phi) is 9.73. The van der Waals surface area contributed by atoms with Crippen molar-refractivity contribution in [3.8, 4) is 0 Å². The molecule has 0 radical (unpaired) electrons. The molecule has 0 saturated carbocycles. The average molecular weight is 573 g/mol. The molecule has 11 nitrogen and oxygen atoms in total. The van der Waals surface area contributed by atoms with E-state index in [9.17, 15) is 22.8 Å². The van der Waals surface area contributed by atoms with Gasteiger partial charge in [-0.15, -0.1) is 11.3 Å². The first-order valence-corrected chi connectivity index (χ1v) is 14.6. The van der Waals surface area contributed by atoms with Crippen LogP contribution in [0.4, 0.5) is 0 Å². The fourth-order valence-corrected chi connectivity index (χ4v) is 6.44. The van der Waals surface area contributed by atoms with E-state index in [-0.39, 0.29) is 12.5 Å². The number of rotatable bonds is 7. The zero-order chi connectivity index (χ0) is 27.3. The Morgan fingerprint density at radius 3 is 2.46 bits per heavy atom. The van der Waals surface area contributed by atoms with E-state index in [1.54, 1.807) is 50.1 Å². The average Bonchev–Trinajstić information content (AvgIpc) is 3.47. The molecular weight excluding hydrogens is 540 g/mol. The minimum absolute atomic E-state index is 0.220. The van der Waals surface area contributed by atoms with Crippen LogP contribution in [0.1, 0.15) is 30.6 Å². The summed E-state index contributed by atoms with van der Waals surface area (Å²) in [5.41, 5.74) is 0. The van der Waals surface area contributed by atoms with Crippen LogP contribution in [-0.4, -0.2) is 112 Å². The fraction of sp³-hybridized carbons (Fsp3) is 0.565. The maximum atomic E-state index is 13.1. The number of halogens is 1. The number of likely N-dealkylation sites (tertiary alicyclic amines) is 2. The van der Waals surface area contributed by atoms with Gasteiger partial charge in [0.25, 0.3) is 5.91 Å². The van der Waals surface area contributed by atoms with Gasteiger partial charge in [0.2, 0.25) is 27.8 Å². The van der Waals surface area contributed by atoms with E-state index >= 15 is 0 Å². The number of aliphatic imine (C=N–C) groups is 1. The number of carbonyl (C=O) groups is 3. The lowest BCUT2D eigenvalue weighted by Gasteiger charge is -2.33. The monoisotopic (exact) mass is 572 g/mol. The van der Waals surface area contributed by atoms with Crippen molar-refractivity contribution in [3.63, 3.8) is 0 Å². The summed E-state index contributed by atoms with van der Waals surface area (Å²) >= 11 is 7.11. The summed E-state index contributed by atoms with van der Waals surface area (Å²) in [4.78, 5) is 50.2. The molecule has 1 aromatic heterocycles. The molecule has 1 aromatic rings. The summed E-state index contributed by atoms with van der Waals surface area (Å²) in [7, 11) is 3.23. The topological polar surface area (TPSA) is 123 Å². The van der Waals surface area contributed by atoms with Crippen molar-refractivity contribution in [2.75, 3.05) is 47.8 Å². The van der Waals surface area contributed by atoms with Gasteiger partial charge in [-0.1, -0.05) is 11.6 Å². The Bertz CT molecular complexity index is 1170. The van der Waals surface area contributed by atoms with E-state index in [0.29, 0.717) is 53.9 Å². The lowest BCUT2D eigenvalue weighted by molar-refractivity contribution is -0.144. The lowest BCUT2D eigenvalue weighted by Crippen LogP contribution is -2.55. The zero-order valence-electron chi connectivity index (χ0n) is 21.4. The maximum absolute atomic E-state index is 13.1. The molecule has 3 heterocycles. The predicted octanol–water partition coefficient (Wildman–Crippen LogP) is 1.28. The number of nitrogens with one attached hydrogen (secondary N) is 1. The Hall–Kier alpha value is -2.48. The van der Waals surface area contributed by atoms with Crippen LogP contribution in [-0.2, 0) is 24.4 Å². The molecule has 3 rings (SSSR count). The number of hydrogen-bond acceptors (Lipinski definition) is 6. The molecule has 0 aliphatic carbocycles. The summed E-state index contributed by atoms with van der Waals surface area (Å²) < 4.78 is 28.0. The largest absolute Gasteiger partial charge is 0.349 e. The van der Waals surface area contributed by atoms with Crippen LogP contribution in [0.25, 0.3) is 6.08 Å². The van der Waals surface area contributed by atoms with E-state index in [1.807, 2.05) is 0 Å². The van der Waals surface area contributed by atoms with E-state index in [0.717, 1.165) is 5.41 Å². The second-order valence-electron chi connectivity index (χ2n) is 9.35. The van der Waals surface area contributed by atoms with Crippen molar-refractivity contribution in [3.05, 3.63) is 26.8 Å². The van der Waals surface area contributed by atoms with Crippen LogP contribution in [0.5, 0.6) is 0 Å². The highest BCUT2D eigenvalue weighted by atomic mass is 35.5. The van der Waals surface area contributed by atoms with Crippen molar-refractivity contribution in [1.82, 2.24) is 24.3 Å². The van der Waals surface area contributed by atoms with Crippen LogP contribution >= 0.6 is 22.9 Å². The molecule has 204 valence electrons. The van der Waals surface area contributed by atoms with Crippen LogP contribution < -0.4 is 4.72 Å². The SMILES string of the molecule is CN(C)C(=NC(=O)[C@@H]1CCCN1C(=O)CN1CCC[C@H](NS(=O)(=O)/C=C/c2ccc(Cl)s2)C1=O)N(C)C. The van der Waals surface area contributed by atoms with Gasteiger partial charge in [0, 0.05) is 51.6 Å². The van der Waals surface area contributed by atoms with Crippen molar-refractivity contribution in [2.24, 2.45) is 4.99 Å². The highest BCUT2D eigenvalue weighted by molar-refractivity contribution is 7.92. The smallest absolute Gasteiger partial charge is 0.271 e. The van der Waals surface area contributed by atoms with Gasteiger partial charge in [-0.25, -0.2) is 8.42 Å². The molecule has 2 aliphatic heterocycles. The fourth-order valence-electron chi connectivity index (χ4n) is 4.37. The summed E-state index contributed by atoms with van der Waals surface area (Å²) in [5, 5.41) is 1.00. The second kappa shape index (κ2) is 12.4. The zero-order valence-corrected chi connectivity index (χ0v) is 23.8. The quantitative estimate of drug-likeness (QED) is 0.386. The van der Waals surface area contributed by atoms with Gasteiger partial charge in [-0.05, 0) is 43.9 Å². The molecule has 3 amide bonds. The van der Waals surface area contributed by atoms with Crippen molar-refractivity contribution < 1.29 is 22.8 Å². The van der Waals surface area contributed by atoms with E-state index < -0.39 is 33.9 Å². The van der Waals surface area contributed by atoms with Crippen molar-refractivity contribution in [1.29, 1.82) is 0 Å². The molecule has 37 heavy (non-hydrogen) atoms. The van der Waals surface area contributed by atoms with Crippen LogP contribution in [0, 0.1) is 0 Å². The third kappa shape index (κ3) is 7.76. The maximum Gasteiger partial charge on any atom is 0.271 e. The van der Waals surface area contributed by atoms with Crippen LogP contribution in [0.15, 0.2) is 22.5 Å². The van der Waals surface area contributed by atoms with Crippen molar-refractivity contribution >= 4 is 62.7 Å². The van der Waals surface area contributed by atoms with Crippen LogP contribution in [0.2, 0.25) is 4.34 Å². The minimum Gasteiger partial charge on any atom is -0.349 e. The summed E-state index contributed by atoms with van der Waals surface area (Å²) in [5.74, 6) is -0.744.